The van der Waals surface area contributed by atoms with Crippen molar-refractivity contribution in [3.05, 3.63) is 31.4 Å². The first-order chi connectivity index (χ1) is 6.74. The van der Waals surface area contributed by atoms with Crippen LogP contribution in [0.3, 0.4) is 0 Å². The summed E-state index contributed by atoms with van der Waals surface area (Å²) in [5, 5.41) is 16.7. The van der Waals surface area contributed by atoms with Crippen LogP contribution in [-0.2, 0) is 13.6 Å². The summed E-state index contributed by atoms with van der Waals surface area (Å²) in [6.07, 6.45) is 10.7. The largest absolute Gasteiger partial charge is 0.243 e. The van der Waals surface area contributed by atoms with Gasteiger partial charge in [-0.25, -0.2) is 14.5 Å². The van der Waals surface area contributed by atoms with Gasteiger partial charge in [0.1, 0.15) is 18.9 Å². The van der Waals surface area contributed by atoms with Gasteiger partial charge in [-0.2, -0.15) is 10.5 Å². The SMILES string of the molecule is C=CC[n+]1ccn(C)c1.N#CNC#N. The molecule has 0 radical (unpaired) electrons. The lowest BCUT2D eigenvalue weighted by Crippen LogP contribution is -2.29. The van der Waals surface area contributed by atoms with Crippen LogP contribution in [0, 0.1) is 22.9 Å². The molecule has 72 valence electrons. The molecule has 0 aliphatic heterocycles. The molecule has 1 rings (SSSR count). The maximum Gasteiger partial charge on any atom is 0.243 e. The fourth-order valence-corrected chi connectivity index (χ4v) is 0.784. The molecule has 0 unspecified atom stereocenters. The predicted octanol–water partition coefficient (Wildman–Crippen LogP) is 0.0368. The highest BCUT2D eigenvalue weighted by Gasteiger charge is 1.93. The van der Waals surface area contributed by atoms with Gasteiger partial charge in [0.2, 0.25) is 6.33 Å². The van der Waals surface area contributed by atoms with Crippen molar-refractivity contribution in [2.24, 2.45) is 7.05 Å². The van der Waals surface area contributed by atoms with Crippen molar-refractivity contribution >= 4 is 0 Å². The van der Waals surface area contributed by atoms with Crippen molar-refractivity contribution in [3.8, 4) is 12.4 Å². The van der Waals surface area contributed by atoms with E-state index < -0.39 is 0 Å². The van der Waals surface area contributed by atoms with E-state index in [1.54, 1.807) is 5.32 Å². The number of rotatable bonds is 2. The van der Waals surface area contributed by atoms with Crippen molar-refractivity contribution in [1.29, 1.82) is 10.5 Å². The monoisotopic (exact) mass is 190 g/mol. The second-order valence-electron chi connectivity index (χ2n) is 2.41. The Morgan fingerprint density at radius 1 is 1.57 bits per heavy atom. The highest BCUT2D eigenvalue weighted by Crippen LogP contribution is 1.76. The quantitative estimate of drug-likeness (QED) is 0.310. The van der Waals surface area contributed by atoms with E-state index >= 15 is 0 Å². The molecule has 0 fully saturated rings. The molecule has 0 aliphatic carbocycles. The fourth-order valence-electron chi connectivity index (χ4n) is 0.784. The Bertz CT molecular complexity index is 340. The third-order valence-electron chi connectivity index (χ3n) is 1.28. The van der Waals surface area contributed by atoms with E-state index in [0.717, 1.165) is 6.54 Å². The number of nitrogens with one attached hydrogen (secondary N) is 1. The second kappa shape index (κ2) is 7.38. The van der Waals surface area contributed by atoms with E-state index in [1.165, 1.54) is 12.4 Å². The molecule has 0 aromatic carbocycles. The average molecular weight is 190 g/mol. The summed E-state index contributed by atoms with van der Waals surface area (Å²) in [5.74, 6) is 0. The van der Waals surface area contributed by atoms with Gasteiger partial charge in [0.05, 0.1) is 7.05 Å². The third kappa shape index (κ3) is 5.39. The van der Waals surface area contributed by atoms with E-state index in [9.17, 15) is 0 Å². The molecule has 1 heterocycles. The molecule has 5 nitrogen and oxygen atoms in total. The first-order valence-electron chi connectivity index (χ1n) is 3.89. The van der Waals surface area contributed by atoms with Crippen LogP contribution in [0.4, 0.5) is 0 Å². The van der Waals surface area contributed by atoms with E-state index in [1.807, 2.05) is 36.4 Å². The molecule has 14 heavy (non-hydrogen) atoms. The first kappa shape index (κ1) is 11.7. The lowest BCUT2D eigenvalue weighted by molar-refractivity contribution is -0.686. The number of hydrogen-bond acceptors (Lipinski definition) is 3. The minimum Gasteiger partial charge on any atom is -0.240 e. The molecular formula is C9H12N5+. The number of aromatic nitrogens is 2. The molecule has 0 amide bonds. The number of nitrogens with zero attached hydrogens (tertiary/aromatic N) is 4. The van der Waals surface area contributed by atoms with Gasteiger partial charge < -0.3 is 0 Å². The van der Waals surface area contributed by atoms with E-state index in [4.69, 9.17) is 10.5 Å². The summed E-state index contributed by atoms with van der Waals surface area (Å²) in [6.45, 7) is 4.52. The highest BCUT2D eigenvalue weighted by atomic mass is 15.1. The summed E-state index contributed by atoms with van der Waals surface area (Å²) < 4.78 is 4.07. The number of hydrogen-bond donors (Lipinski definition) is 1. The van der Waals surface area contributed by atoms with Gasteiger partial charge in [0, 0.05) is 0 Å². The van der Waals surface area contributed by atoms with Gasteiger partial charge in [-0.1, -0.05) is 12.7 Å². The Labute approximate surface area is 83.1 Å². The zero-order valence-electron chi connectivity index (χ0n) is 8.01. The van der Waals surface area contributed by atoms with E-state index in [0.29, 0.717) is 0 Å². The van der Waals surface area contributed by atoms with Crippen molar-refractivity contribution in [2.75, 3.05) is 0 Å². The Hall–Kier alpha value is -2.27. The Morgan fingerprint density at radius 3 is 2.50 bits per heavy atom. The normalized spacial score (nSPS) is 7.36. The summed E-state index contributed by atoms with van der Waals surface area (Å²) in [7, 11) is 2.00. The zero-order chi connectivity index (χ0) is 10.8. The number of allylic oxidation sites excluding steroid dienone is 1. The Kier molecular flexibility index (Phi) is 6.19. The van der Waals surface area contributed by atoms with Gasteiger partial charge in [-0.15, -0.1) is 0 Å². The van der Waals surface area contributed by atoms with Crippen molar-refractivity contribution in [2.45, 2.75) is 6.54 Å². The predicted molar refractivity (Wildman–Crippen MR) is 50.2 cm³/mol. The minimum atomic E-state index is 0.890. The van der Waals surface area contributed by atoms with Crippen molar-refractivity contribution in [1.82, 2.24) is 9.88 Å². The van der Waals surface area contributed by atoms with Crippen molar-refractivity contribution in [3.63, 3.8) is 0 Å². The first-order valence-corrected chi connectivity index (χ1v) is 3.89. The minimum absolute atomic E-state index is 0.890. The molecule has 5 heteroatoms. The van der Waals surface area contributed by atoms with Gasteiger partial charge >= 0.3 is 0 Å². The molecule has 1 N–H and O–H groups in total. The van der Waals surface area contributed by atoms with Crippen LogP contribution in [0.25, 0.3) is 0 Å². The molecule has 1 aromatic rings. The van der Waals surface area contributed by atoms with Crippen LogP contribution < -0.4 is 9.88 Å². The Balaban J connectivity index is 0.000000292. The number of imidazole rings is 1. The number of aryl methyl sites for hydroxylation is 1. The van der Waals surface area contributed by atoms with E-state index in [2.05, 4.69) is 11.1 Å². The fraction of sp³-hybridized carbons (Fsp3) is 0.222. The van der Waals surface area contributed by atoms with Crippen molar-refractivity contribution < 1.29 is 4.57 Å². The van der Waals surface area contributed by atoms with E-state index in [-0.39, 0.29) is 0 Å². The standard InChI is InChI=1S/C7H11N2.C2HN3/c1-3-4-9-6-5-8(2)7-9;3-1-5-2-4/h3,5-7H,1,4H2,2H3;5H/q+1;. The maximum absolute atomic E-state index is 7.48. The third-order valence-corrected chi connectivity index (χ3v) is 1.28. The van der Waals surface area contributed by atoms with Gasteiger partial charge in [-0.3, -0.25) is 0 Å². The van der Waals surface area contributed by atoms with Crippen LogP contribution in [0.1, 0.15) is 0 Å². The lowest BCUT2D eigenvalue weighted by Gasteiger charge is -1.83. The second-order valence-corrected chi connectivity index (χ2v) is 2.41. The molecule has 0 saturated carbocycles. The molecule has 0 bridgehead atoms. The van der Waals surface area contributed by atoms with Gasteiger partial charge in [0.15, 0.2) is 12.4 Å². The molecule has 0 spiro atoms. The molecule has 0 atom stereocenters. The topological polar surface area (TPSA) is 68.4 Å². The summed E-state index contributed by atoms with van der Waals surface area (Å²) >= 11 is 0. The van der Waals surface area contributed by atoms with Crippen LogP contribution >= 0.6 is 0 Å². The summed E-state index contributed by atoms with van der Waals surface area (Å²) in [4.78, 5) is 0. The van der Waals surface area contributed by atoms with Crippen LogP contribution in [0.5, 0.6) is 0 Å². The van der Waals surface area contributed by atoms with Gasteiger partial charge in [-0.05, 0) is 0 Å². The Morgan fingerprint density at radius 2 is 2.21 bits per heavy atom. The van der Waals surface area contributed by atoms with Crippen LogP contribution in [0.2, 0.25) is 0 Å². The highest BCUT2D eigenvalue weighted by molar-refractivity contribution is 4.77. The molecule has 0 saturated heterocycles. The van der Waals surface area contributed by atoms with Crippen LogP contribution in [-0.4, -0.2) is 4.57 Å². The molecule has 0 aliphatic rings. The smallest absolute Gasteiger partial charge is 0.240 e. The number of nitriles is 2. The molecular weight excluding hydrogens is 178 g/mol. The zero-order valence-corrected chi connectivity index (χ0v) is 8.01. The van der Waals surface area contributed by atoms with Crippen LogP contribution in [0.15, 0.2) is 31.4 Å². The average Bonchev–Trinajstić information content (AvgIpc) is 2.55. The maximum atomic E-state index is 7.48. The summed E-state index contributed by atoms with van der Waals surface area (Å²) in [5.41, 5.74) is 0. The molecule has 1 aromatic heterocycles. The lowest BCUT2D eigenvalue weighted by atomic mass is 10.6. The van der Waals surface area contributed by atoms with Gasteiger partial charge in [0.25, 0.3) is 0 Å². The summed E-state index contributed by atoms with van der Waals surface area (Å²) in [6, 6.07) is 0.